The van der Waals surface area contributed by atoms with Crippen LogP contribution in [0.15, 0.2) is 53.9 Å². The molecule has 3 aliphatic rings. The summed E-state index contributed by atoms with van der Waals surface area (Å²) >= 11 is 1.36. The van der Waals surface area contributed by atoms with E-state index in [1.165, 1.54) is 16.2 Å². The van der Waals surface area contributed by atoms with Crippen LogP contribution < -0.4 is 10.2 Å². The summed E-state index contributed by atoms with van der Waals surface area (Å²) in [5, 5.41) is 4.67. The summed E-state index contributed by atoms with van der Waals surface area (Å²) in [6.45, 7) is 0. The van der Waals surface area contributed by atoms with E-state index in [-0.39, 0.29) is 41.4 Å². The standard InChI is InChI=1S/C20H16N2O3S/c23-18(15-5-2-8-26-15)21-13-3-1-4-14(10-13)22-19(24)16-11-6-7-12(9-11)17(16)20(22)25/h1-8,10-12,16-17H,9H2,(H,21,23)/t11-,12+,16-,17+. The summed E-state index contributed by atoms with van der Waals surface area (Å²) in [4.78, 5) is 39.9. The Balaban J connectivity index is 1.42. The molecule has 0 spiro atoms. The van der Waals surface area contributed by atoms with Crippen LogP contribution in [0, 0.1) is 23.7 Å². The van der Waals surface area contributed by atoms with Crippen molar-refractivity contribution in [1.29, 1.82) is 0 Å². The van der Waals surface area contributed by atoms with E-state index >= 15 is 0 Å². The van der Waals surface area contributed by atoms with E-state index in [9.17, 15) is 14.4 Å². The highest BCUT2D eigenvalue weighted by molar-refractivity contribution is 7.12. The van der Waals surface area contributed by atoms with E-state index in [0.717, 1.165) is 6.42 Å². The van der Waals surface area contributed by atoms with Gasteiger partial charge in [-0.3, -0.25) is 14.4 Å². The topological polar surface area (TPSA) is 66.5 Å². The number of allylic oxidation sites excluding steroid dienone is 2. The molecule has 2 aromatic rings. The van der Waals surface area contributed by atoms with Gasteiger partial charge in [0, 0.05) is 5.69 Å². The zero-order chi connectivity index (χ0) is 17.8. The minimum absolute atomic E-state index is 0.112. The lowest BCUT2D eigenvalue weighted by molar-refractivity contribution is -0.123. The van der Waals surface area contributed by atoms with Gasteiger partial charge in [0.25, 0.3) is 5.91 Å². The molecule has 0 unspecified atom stereocenters. The predicted octanol–water partition coefficient (Wildman–Crippen LogP) is 3.31. The number of carbonyl (C=O) groups is 3. The number of nitrogens with one attached hydrogen (secondary N) is 1. The van der Waals surface area contributed by atoms with Gasteiger partial charge in [0.2, 0.25) is 11.8 Å². The van der Waals surface area contributed by atoms with Gasteiger partial charge in [0.05, 0.1) is 22.4 Å². The van der Waals surface area contributed by atoms with Gasteiger partial charge in [-0.1, -0.05) is 24.3 Å². The lowest BCUT2D eigenvalue weighted by atomic mass is 9.85. The lowest BCUT2D eigenvalue weighted by Crippen LogP contribution is -2.32. The second kappa shape index (κ2) is 5.64. The van der Waals surface area contributed by atoms with Crippen LogP contribution in [-0.4, -0.2) is 17.7 Å². The van der Waals surface area contributed by atoms with Crippen molar-refractivity contribution in [3.05, 3.63) is 58.8 Å². The Kier molecular flexibility index (Phi) is 3.37. The number of benzene rings is 1. The van der Waals surface area contributed by atoms with Crippen LogP contribution in [0.1, 0.15) is 16.1 Å². The van der Waals surface area contributed by atoms with Crippen molar-refractivity contribution in [1.82, 2.24) is 0 Å². The zero-order valence-electron chi connectivity index (χ0n) is 13.8. The van der Waals surface area contributed by atoms with Crippen LogP contribution in [0.25, 0.3) is 0 Å². The molecule has 4 atom stereocenters. The fraction of sp³-hybridized carbons (Fsp3) is 0.250. The number of imide groups is 1. The highest BCUT2D eigenvalue weighted by Crippen LogP contribution is 2.53. The second-order valence-electron chi connectivity index (χ2n) is 6.99. The molecule has 1 saturated heterocycles. The quantitative estimate of drug-likeness (QED) is 0.671. The van der Waals surface area contributed by atoms with Crippen LogP contribution in [0.2, 0.25) is 0 Å². The largest absolute Gasteiger partial charge is 0.321 e. The molecule has 2 fully saturated rings. The van der Waals surface area contributed by atoms with Gasteiger partial charge in [-0.05, 0) is 47.9 Å². The average Bonchev–Trinajstić information content (AvgIpc) is 3.39. The normalized spacial score (nSPS) is 28.7. The summed E-state index contributed by atoms with van der Waals surface area (Å²) in [5.41, 5.74) is 1.09. The van der Waals surface area contributed by atoms with Gasteiger partial charge in [-0.25, -0.2) is 4.90 Å². The molecule has 26 heavy (non-hydrogen) atoms. The third kappa shape index (κ3) is 2.18. The van der Waals surface area contributed by atoms with Crippen molar-refractivity contribution in [2.45, 2.75) is 6.42 Å². The number of nitrogens with zero attached hydrogens (tertiary/aromatic N) is 1. The molecule has 1 saturated carbocycles. The number of hydrogen-bond acceptors (Lipinski definition) is 4. The maximum Gasteiger partial charge on any atom is 0.265 e. The van der Waals surface area contributed by atoms with Gasteiger partial charge in [-0.2, -0.15) is 0 Å². The van der Waals surface area contributed by atoms with E-state index in [0.29, 0.717) is 16.3 Å². The summed E-state index contributed by atoms with van der Waals surface area (Å²) in [6.07, 6.45) is 5.08. The number of hydrogen-bond donors (Lipinski definition) is 1. The molecule has 5 nitrogen and oxygen atoms in total. The Morgan fingerprint density at radius 3 is 2.42 bits per heavy atom. The molecule has 130 valence electrons. The molecule has 0 radical (unpaired) electrons. The predicted molar refractivity (Wildman–Crippen MR) is 98.9 cm³/mol. The zero-order valence-corrected chi connectivity index (χ0v) is 14.6. The first kappa shape index (κ1) is 15.5. The van der Waals surface area contributed by atoms with Crippen LogP contribution in [0.3, 0.4) is 0 Å². The van der Waals surface area contributed by atoms with Crippen LogP contribution >= 0.6 is 11.3 Å². The molecule has 6 heteroatoms. The van der Waals surface area contributed by atoms with Gasteiger partial charge in [-0.15, -0.1) is 11.3 Å². The molecule has 2 bridgehead atoms. The summed E-state index contributed by atoms with van der Waals surface area (Å²) in [7, 11) is 0. The van der Waals surface area contributed by atoms with E-state index in [4.69, 9.17) is 0 Å². The molecule has 1 aromatic carbocycles. The Labute approximate surface area is 154 Å². The van der Waals surface area contributed by atoms with Crippen molar-refractivity contribution in [3.8, 4) is 0 Å². The van der Waals surface area contributed by atoms with Crippen LogP contribution in [-0.2, 0) is 9.59 Å². The molecule has 5 rings (SSSR count). The molecule has 1 aliphatic heterocycles. The average molecular weight is 364 g/mol. The van der Waals surface area contributed by atoms with Crippen molar-refractivity contribution in [2.75, 3.05) is 10.2 Å². The first-order valence-corrected chi connectivity index (χ1v) is 9.52. The van der Waals surface area contributed by atoms with Crippen molar-refractivity contribution in [2.24, 2.45) is 23.7 Å². The number of fused-ring (bicyclic) bond motifs is 5. The van der Waals surface area contributed by atoms with E-state index in [1.807, 2.05) is 11.4 Å². The van der Waals surface area contributed by atoms with Crippen molar-refractivity contribution >= 4 is 40.4 Å². The van der Waals surface area contributed by atoms with Crippen molar-refractivity contribution in [3.63, 3.8) is 0 Å². The minimum atomic E-state index is -0.220. The van der Waals surface area contributed by atoms with E-state index in [2.05, 4.69) is 17.5 Å². The maximum absolute atomic E-state index is 12.9. The molecular weight excluding hydrogens is 348 g/mol. The van der Waals surface area contributed by atoms with Crippen LogP contribution in [0.5, 0.6) is 0 Å². The fourth-order valence-electron chi connectivity index (χ4n) is 4.48. The first-order valence-electron chi connectivity index (χ1n) is 8.64. The molecule has 1 N–H and O–H groups in total. The summed E-state index contributed by atoms with van der Waals surface area (Å²) in [5.74, 6) is -0.488. The van der Waals surface area contributed by atoms with Crippen LogP contribution in [0.4, 0.5) is 11.4 Å². The van der Waals surface area contributed by atoms with Gasteiger partial charge < -0.3 is 5.32 Å². The molecule has 1 aromatic heterocycles. The van der Waals surface area contributed by atoms with Gasteiger partial charge >= 0.3 is 0 Å². The minimum Gasteiger partial charge on any atom is -0.321 e. The number of rotatable bonds is 3. The maximum atomic E-state index is 12.9. The Hall–Kier alpha value is -2.73. The second-order valence-corrected chi connectivity index (χ2v) is 7.94. The third-order valence-electron chi connectivity index (χ3n) is 5.58. The monoisotopic (exact) mass is 364 g/mol. The molecule has 2 aliphatic carbocycles. The molecule has 2 heterocycles. The van der Waals surface area contributed by atoms with Gasteiger partial charge in [0.15, 0.2) is 0 Å². The molecular formula is C20H16N2O3S. The summed E-state index contributed by atoms with van der Waals surface area (Å²) in [6, 6.07) is 10.5. The van der Waals surface area contributed by atoms with Gasteiger partial charge in [0.1, 0.15) is 0 Å². The van der Waals surface area contributed by atoms with E-state index in [1.54, 1.807) is 30.3 Å². The van der Waals surface area contributed by atoms with Crippen molar-refractivity contribution < 1.29 is 14.4 Å². The number of carbonyl (C=O) groups excluding carboxylic acids is 3. The smallest absolute Gasteiger partial charge is 0.265 e. The third-order valence-corrected chi connectivity index (χ3v) is 6.45. The van der Waals surface area contributed by atoms with E-state index < -0.39 is 0 Å². The number of anilines is 2. The Morgan fingerprint density at radius 1 is 1.04 bits per heavy atom. The summed E-state index contributed by atoms with van der Waals surface area (Å²) < 4.78 is 0. The SMILES string of the molecule is O=C(Nc1cccc(N2C(=O)[C@@H]3[C@H](C2=O)[C@@H]2C=C[C@H]3C2)c1)c1cccs1. The first-order chi connectivity index (χ1) is 12.6. The molecule has 3 amide bonds. The Morgan fingerprint density at radius 2 is 1.77 bits per heavy atom. The fourth-order valence-corrected chi connectivity index (χ4v) is 5.10. The number of amides is 3. The lowest BCUT2D eigenvalue weighted by Gasteiger charge is -2.18. The highest BCUT2D eigenvalue weighted by Gasteiger charge is 2.59. The number of thiophene rings is 1. The Bertz CT molecular complexity index is 920. The highest BCUT2D eigenvalue weighted by atomic mass is 32.1.